The number of anilines is 1. The van der Waals surface area contributed by atoms with Crippen molar-refractivity contribution in [2.45, 2.75) is 52.0 Å². The number of ether oxygens (including phenoxy) is 1. The third-order valence-electron chi connectivity index (χ3n) is 6.41. The largest absolute Gasteiger partial charge is 0.370 e. The summed E-state index contributed by atoms with van der Waals surface area (Å²) in [6, 6.07) is 0. The average molecular weight is 388 g/mol. The second-order valence-electron chi connectivity index (χ2n) is 8.59. The van der Waals surface area contributed by atoms with Crippen LogP contribution in [-0.4, -0.2) is 49.4 Å². The lowest BCUT2D eigenvalue weighted by molar-refractivity contribution is -0.922. The highest BCUT2D eigenvalue weighted by molar-refractivity contribution is 7.19. The normalized spacial score (nSPS) is 24.3. The molecule has 146 valence electrons. The van der Waals surface area contributed by atoms with Gasteiger partial charge in [-0.3, -0.25) is 0 Å². The van der Waals surface area contributed by atoms with E-state index in [9.17, 15) is 0 Å². The molecule has 0 unspecified atom stereocenters. The van der Waals surface area contributed by atoms with E-state index in [1.807, 2.05) is 11.3 Å². The Morgan fingerprint density at radius 3 is 2.85 bits per heavy atom. The minimum atomic E-state index is 0.756. The number of aromatic nitrogens is 2. The molecule has 2 fully saturated rings. The highest BCUT2D eigenvalue weighted by Crippen LogP contribution is 2.40. The van der Waals surface area contributed by atoms with Gasteiger partial charge in [0, 0.05) is 18.0 Å². The van der Waals surface area contributed by atoms with Crippen molar-refractivity contribution < 1.29 is 9.64 Å². The topological polar surface area (TPSA) is 42.7 Å². The summed E-state index contributed by atoms with van der Waals surface area (Å²) in [6.45, 7) is 9.45. The van der Waals surface area contributed by atoms with E-state index >= 15 is 0 Å². The molecule has 5 rings (SSSR count). The molecule has 4 heterocycles. The highest BCUT2D eigenvalue weighted by atomic mass is 32.1. The number of morpholine rings is 1. The van der Waals surface area contributed by atoms with E-state index in [0.29, 0.717) is 0 Å². The van der Waals surface area contributed by atoms with Gasteiger partial charge in [0.2, 0.25) is 0 Å². The molecule has 2 saturated heterocycles. The van der Waals surface area contributed by atoms with Gasteiger partial charge in [0.25, 0.3) is 0 Å². The monoisotopic (exact) mass is 387 g/mol. The van der Waals surface area contributed by atoms with Gasteiger partial charge in [-0.05, 0) is 50.0 Å². The fourth-order valence-electron chi connectivity index (χ4n) is 4.93. The molecule has 2 aromatic heterocycles. The maximum Gasteiger partial charge on any atom is 0.187 e. The number of quaternary nitrogens is 1. The second-order valence-corrected chi connectivity index (χ2v) is 9.67. The number of thiophene rings is 1. The smallest absolute Gasteiger partial charge is 0.187 e. The standard InChI is InChI=1S/C21H30N4OS/c1-15-5-4-8-25(13-15)20-19-16-6-2-3-7-17(16)27-21(19)23-18(22-20)14-24-9-11-26-12-10-24/h15H,2-14H2,1H3/p+1/t15-/m0/s1. The minimum absolute atomic E-state index is 0.756. The molecule has 1 N–H and O–H groups in total. The summed E-state index contributed by atoms with van der Waals surface area (Å²) in [7, 11) is 0. The van der Waals surface area contributed by atoms with E-state index in [1.165, 1.54) is 54.6 Å². The van der Waals surface area contributed by atoms with E-state index in [2.05, 4.69) is 11.8 Å². The zero-order valence-electron chi connectivity index (χ0n) is 16.4. The maximum atomic E-state index is 5.53. The van der Waals surface area contributed by atoms with Gasteiger partial charge in [-0.25, -0.2) is 9.97 Å². The number of rotatable bonds is 3. The third kappa shape index (κ3) is 3.59. The van der Waals surface area contributed by atoms with Crippen molar-refractivity contribution in [3.05, 3.63) is 16.3 Å². The molecule has 0 amide bonds. The molecule has 27 heavy (non-hydrogen) atoms. The molecule has 3 aliphatic rings. The van der Waals surface area contributed by atoms with Crippen LogP contribution in [0.5, 0.6) is 0 Å². The lowest BCUT2D eigenvalue weighted by Crippen LogP contribution is -3.12. The number of nitrogens with zero attached hydrogens (tertiary/aromatic N) is 3. The van der Waals surface area contributed by atoms with Gasteiger partial charge in [0.15, 0.2) is 5.82 Å². The van der Waals surface area contributed by atoms with Crippen LogP contribution in [0.1, 0.15) is 48.9 Å². The quantitative estimate of drug-likeness (QED) is 0.877. The predicted octanol–water partition coefficient (Wildman–Crippen LogP) is 2.22. The lowest BCUT2D eigenvalue weighted by atomic mass is 9.96. The van der Waals surface area contributed by atoms with Crippen LogP contribution in [0.2, 0.25) is 0 Å². The lowest BCUT2D eigenvalue weighted by Gasteiger charge is -2.33. The second kappa shape index (κ2) is 7.64. The molecule has 0 radical (unpaired) electrons. The van der Waals surface area contributed by atoms with Gasteiger partial charge < -0.3 is 14.5 Å². The zero-order valence-corrected chi connectivity index (χ0v) is 17.2. The first-order chi connectivity index (χ1) is 13.3. The van der Waals surface area contributed by atoms with Crippen LogP contribution in [0.25, 0.3) is 10.2 Å². The Morgan fingerprint density at radius 1 is 1.15 bits per heavy atom. The van der Waals surface area contributed by atoms with Crippen LogP contribution in [-0.2, 0) is 24.1 Å². The fraction of sp³-hybridized carbons (Fsp3) is 0.714. The minimum Gasteiger partial charge on any atom is -0.370 e. The maximum absolute atomic E-state index is 5.53. The molecule has 5 nitrogen and oxygen atoms in total. The van der Waals surface area contributed by atoms with Gasteiger partial charge in [-0.2, -0.15) is 0 Å². The molecule has 1 atom stereocenters. The molecule has 0 aromatic carbocycles. The Balaban J connectivity index is 1.56. The molecular formula is C21H31N4OS+. The number of fused-ring (bicyclic) bond motifs is 3. The summed E-state index contributed by atoms with van der Waals surface area (Å²) in [6.07, 6.45) is 7.71. The van der Waals surface area contributed by atoms with E-state index in [-0.39, 0.29) is 0 Å². The SMILES string of the molecule is C[C@H]1CCCN(c2nc(C[NH+]3CCOCC3)nc3sc4c(c23)CCCC4)C1. The number of hydrogen-bond donors (Lipinski definition) is 1. The van der Waals surface area contributed by atoms with Crippen LogP contribution in [0, 0.1) is 5.92 Å². The summed E-state index contributed by atoms with van der Waals surface area (Å²) < 4.78 is 5.53. The van der Waals surface area contributed by atoms with Gasteiger partial charge in [-0.1, -0.05) is 6.92 Å². The van der Waals surface area contributed by atoms with Crippen molar-refractivity contribution in [1.82, 2.24) is 9.97 Å². The fourth-order valence-corrected chi connectivity index (χ4v) is 6.21. The first-order valence-electron chi connectivity index (χ1n) is 10.8. The van der Waals surface area contributed by atoms with Crippen molar-refractivity contribution in [2.24, 2.45) is 5.92 Å². The molecule has 2 aromatic rings. The molecule has 0 spiro atoms. The molecule has 0 bridgehead atoms. The van der Waals surface area contributed by atoms with Crippen molar-refractivity contribution in [1.29, 1.82) is 0 Å². The summed E-state index contributed by atoms with van der Waals surface area (Å²) in [5.74, 6) is 3.03. The van der Waals surface area contributed by atoms with Crippen molar-refractivity contribution in [3.63, 3.8) is 0 Å². The van der Waals surface area contributed by atoms with Gasteiger partial charge in [0.1, 0.15) is 30.3 Å². The first-order valence-corrected chi connectivity index (χ1v) is 11.6. The summed E-state index contributed by atoms with van der Waals surface area (Å²) >= 11 is 1.94. The number of piperidine rings is 1. The van der Waals surface area contributed by atoms with Gasteiger partial charge in [0.05, 0.1) is 18.6 Å². The van der Waals surface area contributed by atoms with Crippen LogP contribution < -0.4 is 9.80 Å². The summed E-state index contributed by atoms with van der Waals surface area (Å²) in [4.78, 5) is 17.2. The number of aryl methyl sites for hydroxylation is 2. The van der Waals surface area contributed by atoms with Crippen LogP contribution in [0.4, 0.5) is 5.82 Å². The zero-order chi connectivity index (χ0) is 18.2. The van der Waals surface area contributed by atoms with E-state index in [1.54, 1.807) is 15.3 Å². The molecular weight excluding hydrogens is 356 g/mol. The summed E-state index contributed by atoms with van der Waals surface area (Å²) in [5, 5.41) is 1.39. The molecule has 0 saturated carbocycles. The Labute approximate surface area is 165 Å². The Bertz CT molecular complexity index is 814. The molecule has 1 aliphatic carbocycles. The van der Waals surface area contributed by atoms with E-state index < -0.39 is 0 Å². The Kier molecular flexibility index (Phi) is 5.05. The molecule has 6 heteroatoms. The predicted molar refractivity (Wildman–Crippen MR) is 110 cm³/mol. The van der Waals surface area contributed by atoms with Crippen molar-refractivity contribution in [3.8, 4) is 0 Å². The Morgan fingerprint density at radius 2 is 2.00 bits per heavy atom. The van der Waals surface area contributed by atoms with Gasteiger partial charge in [-0.15, -0.1) is 11.3 Å². The molecule has 2 aliphatic heterocycles. The van der Waals surface area contributed by atoms with Crippen LogP contribution in [0.15, 0.2) is 0 Å². The average Bonchev–Trinajstić information content (AvgIpc) is 3.06. The number of hydrogen-bond acceptors (Lipinski definition) is 5. The van der Waals surface area contributed by atoms with Crippen molar-refractivity contribution in [2.75, 3.05) is 44.3 Å². The van der Waals surface area contributed by atoms with Crippen molar-refractivity contribution >= 4 is 27.4 Å². The van der Waals surface area contributed by atoms with E-state index in [4.69, 9.17) is 14.7 Å². The van der Waals surface area contributed by atoms with E-state index in [0.717, 1.165) is 57.7 Å². The third-order valence-corrected chi connectivity index (χ3v) is 7.59. The van der Waals surface area contributed by atoms with Gasteiger partial charge >= 0.3 is 0 Å². The highest BCUT2D eigenvalue weighted by Gasteiger charge is 2.27. The Hall–Kier alpha value is -1.24. The first kappa shape index (κ1) is 17.8. The van der Waals surface area contributed by atoms with Crippen LogP contribution >= 0.6 is 11.3 Å². The van der Waals surface area contributed by atoms with Crippen LogP contribution in [0.3, 0.4) is 0 Å². The number of nitrogens with one attached hydrogen (secondary N) is 1. The summed E-state index contributed by atoms with van der Waals surface area (Å²) in [5.41, 5.74) is 1.57.